The third kappa shape index (κ3) is 4.93. The van der Waals surface area contributed by atoms with E-state index in [2.05, 4.69) is 65.4 Å². The van der Waals surface area contributed by atoms with E-state index in [1.165, 1.54) is 19.9 Å². The Morgan fingerprint density at radius 2 is 1.00 bits per heavy atom. The predicted octanol–water partition coefficient (Wildman–Crippen LogP) is 7.77. The first-order valence-corrected chi connectivity index (χ1v) is 14.7. The molecule has 0 radical (unpaired) electrons. The smallest absolute Gasteiger partial charge is 0.0724 e. The molecule has 2 heterocycles. The zero-order chi connectivity index (χ0) is 22.9. The van der Waals surface area contributed by atoms with E-state index in [0.29, 0.717) is 10.0 Å². The summed E-state index contributed by atoms with van der Waals surface area (Å²) in [5, 5.41) is 6.02. The largest absolute Gasteiger partial charge is 0.248 e. The number of hydrogen-bond donors (Lipinski definition) is 0. The fraction of sp³-hybridized carbons (Fsp3) is 0.0714. The van der Waals surface area contributed by atoms with Crippen LogP contribution in [-0.2, 0) is 0 Å². The molecule has 0 amide bonds. The van der Waals surface area contributed by atoms with Crippen molar-refractivity contribution < 1.29 is 0 Å². The molecule has 162 valence electrons. The van der Waals surface area contributed by atoms with Gasteiger partial charge in [0.2, 0.25) is 0 Å². The number of pyridine rings is 2. The Labute approximate surface area is 212 Å². The first kappa shape index (κ1) is 22.4. The summed E-state index contributed by atoms with van der Waals surface area (Å²) in [6.45, 7) is 2.11. The number of nitrogens with zero attached hydrogens (tertiary/aromatic N) is 2. The van der Waals surface area contributed by atoms with Crippen LogP contribution in [0.1, 0.15) is 5.56 Å². The fourth-order valence-corrected chi connectivity index (χ4v) is 5.38. The van der Waals surface area contributed by atoms with Crippen LogP contribution in [0.3, 0.4) is 0 Å². The van der Waals surface area contributed by atoms with Crippen molar-refractivity contribution in [3.05, 3.63) is 101 Å². The predicted molar refractivity (Wildman–Crippen MR) is 145 cm³/mol. The second-order valence-electron chi connectivity index (χ2n) is 7.91. The molecule has 2 nitrogen and oxygen atoms in total. The Bertz CT molecular complexity index is 1590. The average molecular weight is 580 g/mol. The number of benzene rings is 4. The molecule has 0 aliphatic rings. The Morgan fingerprint density at radius 1 is 0.545 bits per heavy atom. The van der Waals surface area contributed by atoms with Gasteiger partial charge in [-0.2, -0.15) is 0 Å². The van der Waals surface area contributed by atoms with Crippen molar-refractivity contribution >= 4 is 91.3 Å². The minimum absolute atomic E-state index is 0.0224. The number of aromatic nitrogens is 2. The molecule has 2 aromatic heterocycles. The van der Waals surface area contributed by atoms with Crippen LogP contribution in [0.15, 0.2) is 84.9 Å². The van der Waals surface area contributed by atoms with Crippen molar-refractivity contribution in [2.45, 2.75) is 11.9 Å². The molecule has 33 heavy (non-hydrogen) atoms. The number of halogens is 2. The standard InChI is InChI=1S/C15H13NTe.C13H7Cl2N/c1-10-3-4-11-8-12-5-6-13(17-2)9-15(12)16-14(11)7-10;14-10-3-1-8-5-9-2-4-11(15)7-13(9)16-12(8)6-10/h3-9H,1-2H3;1-7H/i17-3;. The van der Waals surface area contributed by atoms with Gasteiger partial charge in [0.1, 0.15) is 0 Å². The van der Waals surface area contributed by atoms with E-state index in [0.717, 1.165) is 32.8 Å². The SMILES string of the molecule is C[125Te]c1ccc2cc3ccc(C)cc3nc2c1.Clc1ccc2cc3ccc(Cl)cc3nc2c1. The number of fused-ring (bicyclic) bond motifs is 4. The van der Waals surface area contributed by atoms with Crippen LogP contribution in [0.2, 0.25) is 15.0 Å². The molecule has 0 unspecified atom stereocenters. The van der Waals surface area contributed by atoms with Crippen molar-refractivity contribution in [3.8, 4) is 0 Å². The van der Waals surface area contributed by atoms with Gasteiger partial charge in [-0.25, -0.2) is 4.98 Å². The summed E-state index contributed by atoms with van der Waals surface area (Å²) < 4.78 is 1.47. The minimum Gasteiger partial charge on any atom is -0.248 e. The normalized spacial score (nSPS) is 11.2. The van der Waals surface area contributed by atoms with Crippen LogP contribution in [0.4, 0.5) is 0 Å². The maximum Gasteiger partial charge on any atom is 0.0724 e. The van der Waals surface area contributed by atoms with E-state index in [-0.39, 0.29) is 20.9 Å². The Morgan fingerprint density at radius 3 is 1.55 bits per heavy atom. The second-order valence-corrected chi connectivity index (χ2v) is 11.3. The first-order chi connectivity index (χ1) is 16.0. The summed E-state index contributed by atoms with van der Waals surface area (Å²) in [6.07, 6.45) is 0. The molecule has 0 bridgehead atoms. The van der Waals surface area contributed by atoms with E-state index < -0.39 is 0 Å². The molecular formula is C28H20Cl2N2Te. The van der Waals surface area contributed by atoms with Gasteiger partial charge < -0.3 is 0 Å². The fourth-order valence-electron chi connectivity index (χ4n) is 3.81. The second kappa shape index (κ2) is 9.45. The molecule has 0 atom stereocenters. The monoisotopic (exact) mass is 579 g/mol. The summed E-state index contributed by atoms with van der Waals surface area (Å²) >= 11 is 11.8. The summed E-state index contributed by atoms with van der Waals surface area (Å²) in [5.74, 6) is 0. The number of hydrogen-bond acceptors (Lipinski definition) is 2. The zero-order valence-electron chi connectivity index (χ0n) is 18.1. The number of rotatable bonds is 1. The van der Waals surface area contributed by atoms with Crippen LogP contribution < -0.4 is 3.61 Å². The van der Waals surface area contributed by atoms with Crippen molar-refractivity contribution in [2.24, 2.45) is 0 Å². The van der Waals surface area contributed by atoms with Gasteiger partial charge in [-0.3, -0.25) is 0 Å². The molecule has 0 saturated carbocycles. The molecular weight excluding hydrogens is 560 g/mol. The molecule has 0 saturated heterocycles. The third-order valence-electron chi connectivity index (χ3n) is 5.51. The van der Waals surface area contributed by atoms with Crippen LogP contribution >= 0.6 is 23.2 Å². The zero-order valence-corrected chi connectivity index (χ0v) is 22.0. The van der Waals surface area contributed by atoms with Gasteiger partial charge in [0.25, 0.3) is 0 Å². The van der Waals surface area contributed by atoms with Crippen LogP contribution in [0.25, 0.3) is 43.6 Å². The van der Waals surface area contributed by atoms with E-state index >= 15 is 0 Å². The van der Waals surface area contributed by atoms with Gasteiger partial charge in [-0.05, 0) is 30.3 Å². The van der Waals surface area contributed by atoms with Crippen molar-refractivity contribution in [1.29, 1.82) is 0 Å². The minimum atomic E-state index is -0.0224. The molecule has 0 spiro atoms. The van der Waals surface area contributed by atoms with Crippen LogP contribution in [0.5, 0.6) is 0 Å². The Hall–Kier alpha value is -2.41. The molecule has 0 fully saturated rings. The van der Waals surface area contributed by atoms with Crippen LogP contribution in [-0.4, -0.2) is 30.9 Å². The Kier molecular flexibility index (Phi) is 6.41. The van der Waals surface area contributed by atoms with Gasteiger partial charge in [0.15, 0.2) is 0 Å². The first-order valence-electron chi connectivity index (χ1n) is 10.5. The molecule has 5 heteroatoms. The molecule has 4 aromatic carbocycles. The summed E-state index contributed by atoms with van der Waals surface area (Å²) in [6, 6.07) is 28.9. The molecule has 0 N–H and O–H groups in total. The summed E-state index contributed by atoms with van der Waals surface area (Å²) in [5.41, 5.74) is 5.29. The van der Waals surface area contributed by atoms with E-state index in [4.69, 9.17) is 28.2 Å². The van der Waals surface area contributed by atoms with Crippen LogP contribution in [0, 0.1) is 6.92 Å². The molecule has 6 aromatic rings. The maximum absolute atomic E-state index is 5.94. The van der Waals surface area contributed by atoms with Gasteiger partial charge in [-0.15, -0.1) is 0 Å². The Balaban J connectivity index is 0.000000139. The molecule has 0 aliphatic heterocycles. The average Bonchev–Trinajstić information content (AvgIpc) is 2.81. The van der Waals surface area contributed by atoms with E-state index in [9.17, 15) is 0 Å². The van der Waals surface area contributed by atoms with Gasteiger partial charge in [0, 0.05) is 20.8 Å². The molecule has 0 aliphatic carbocycles. The quantitative estimate of drug-likeness (QED) is 0.147. The van der Waals surface area contributed by atoms with E-state index in [1.54, 1.807) is 0 Å². The van der Waals surface area contributed by atoms with Gasteiger partial charge >= 0.3 is 111 Å². The third-order valence-corrected chi connectivity index (χ3v) is 8.05. The number of aryl methyl sites for hydroxylation is 1. The topological polar surface area (TPSA) is 25.8 Å². The van der Waals surface area contributed by atoms with Gasteiger partial charge in [-0.1, -0.05) is 35.3 Å². The van der Waals surface area contributed by atoms with Crippen molar-refractivity contribution in [3.63, 3.8) is 0 Å². The van der Waals surface area contributed by atoms with E-state index in [1.807, 2.05) is 36.4 Å². The molecule has 6 rings (SSSR count). The van der Waals surface area contributed by atoms with Crippen molar-refractivity contribution in [1.82, 2.24) is 9.97 Å². The summed E-state index contributed by atoms with van der Waals surface area (Å²) in [7, 11) is 0. The van der Waals surface area contributed by atoms with Crippen molar-refractivity contribution in [2.75, 3.05) is 0 Å². The maximum atomic E-state index is 5.94. The van der Waals surface area contributed by atoms with Gasteiger partial charge in [0.05, 0.1) is 11.0 Å². The summed E-state index contributed by atoms with van der Waals surface area (Å²) in [4.78, 5) is 11.6.